The molecule has 1 aromatic heterocycles. The molecular weight excluding hydrogens is 227 g/mol. The minimum Gasteiger partial charge on any atom is -0.619 e. The Bertz CT molecular complexity index is 375. The highest BCUT2D eigenvalue weighted by molar-refractivity contribution is 5.66. The van der Waals surface area contributed by atoms with Gasteiger partial charge in [-0.25, -0.2) is 0 Å². The van der Waals surface area contributed by atoms with Gasteiger partial charge in [0.25, 0.3) is 0 Å². The van der Waals surface area contributed by atoms with Crippen molar-refractivity contribution in [3.63, 3.8) is 0 Å². The average molecular weight is 235 g/mol. The Labute approximate surface area is 88.8 Å². The van der Waals surface area contributed by atoms with Gasteiger partial charge in [0.2, 0.25) is 6.10 Å². The maximum atomic E-state index is 12.5. The van der Waals surface area contributed by atoms with Crippen LogP contribution < -0.4 is 4.73 Å². The number of ether oxygens (including phenoxy) is 1. The third kappa shape index (κ3) is 3.11. The fraction of sp³-hybridized carbons (Fsp3) is 0.333. The number of aromatic nitrogens is 1. The number of nitrogens with zero attached hydrogens (tertiary/aromatic N) is 1. The second-order valence-corrected chi connectivity index (χ2v) is 3.02. The smallest absolute Gasteiger partial charge is 0.429 e. The number of pyridine rings is 1. The van der Waals surface area contributed by atoms with Crippen LogP contribution in [0.5, 0.6) is 0 Å². The predicted molar refractivity (Wildman–Crippen MR) is 46.0 cm³/mol. The summed E-state index contributed by atoms with van der Waals surface area (Å²) in [5.41, 5.74) is -0.296. The largest absolute Gasteiger partial charge is 0.619 e. The van der Waals surface area contributed by atoms with Gasteiger partial charge in [-0.3, -0.25) is 4.79 Å². The number of carbonyl (C=O) groups is 1. The third-order valence-electron chi connectivity index (χ3n) is 1.71. The topological polar surface area (TPSA) is 53.2 Å². The van der Waals surface area contributed by atoms with Crippen LogP contribution in [-0.4, -0.2) is 12.1 Å². The van der Waals surface area contributed by atoms with Crippen molar-refractivity contribution in [2.75, 3.05) is 0 Å². The van der Waals surface area contributed by atoms with Crippen LogP contribution >= 0.6 is 0 Å². The molecule has 0 fully saturated rings. The molecule has 0 bridgehead atoms. The van der Waals surface area contributed by atoms with Gasteiger partial charge in [0.05, 0.1) is 0 Å². The zero-order valence-corrected chi connectivity index (χ0v) is 8.19. The van der Waals surface area contributed by atoms with Gasteiger partial charge in [0, 0.05) is 24.6 Å². The van der Waals surface area contributed by atoms with Crippen molar-refractivity contribution in [2.24, 2.45) is 0 Å². The molecule has 4 nitrogen and oxygen atoms in total. The zero-order chi connectivity index (χ0) is 12.3. The van der Waals surface area contributed by atoms with E-state index in [4.69, 9.17) is 0 Å². The Balaban J connectivity index is 3.01. The molecule has 0 radical (unpaired) electrons. The van der Waals surface area contributed by atoms with Gasteiger partial charge >= 0.3 is 12.1 Å². The van der Waals surface area contributed by atoms with Crippen molar-refractivity contribution < 1.29 is 27.4 Å². The summed E-state index contributed by atoms with van der Waals surface area (Å²) in [6, 6.07) is 1.90. The maximum Gasteiger partial charge on any atom is 0.429 e. The number of esters is 1. The fourth-order valence-electron chi connectivity index (χ4n) is 1.09. The standard InChI is InChI=1S/C9H8F3NO3/c1-6(14)16-8(9(10,11)12)7-2-4-13(15)5-3-7/h2-5,8H,1H3. The Morgan fingerprint density at radius 2 is 1.94 bits per heavy atom. The average Bonchev–Trinajstić information content (AvgIpc) is 2.14. The third-order valence-corrected chi connectivity index (χ3v) is 1.71. The monoisotopic (exact) mass is 235 g/mol. The lowest BCUT2D eigenvalue weighted by atomic mass is 10.1. The first-order chi connectivity index (χ1) is 7.30. The molecule has 0 aliphatic carbocycles. The van der Waals surface area contributed by atoms with E-state index in [0.717, 1.165) is 31.5 Å². The van der Waals surface area contributed by atoms with E-state index < -0.39 is 18.2 Å². The summed E-state index contributed by atoms with van der Waals surface area (Å²) in [4.78, 5) is 10.6. The molecule has 0 aromatic carbocycles. The van der Waals surface area contributed by atoms with Crippen molar-refractivity contribution in [1.82, 2.24) is 0 Å². The Hall–Kier alpha value is -1.79. The molecule has 0 aliphatic heterocycles. The van der Waals surface area contributed by atoms with Gasteiger partial charge in [0.15, 0.2) is 12.4 Å². The first kappa shape index (κ1) is 12.3. The van der Waals surface area contributed by atoms with Crippen LogP contribution in [0.2, 0.25) is 0 Å². The van der Waals surface area contributed by atoms with Crippen molar-refractivity contribution >= 4 is 5.97 Å². The van der Waals surface area contributed by atoms with E-state index in [0.29, 0.717) is 4.73 Å². The van der Waals surface area contributed by atoms with Crippen molar-refractivity contribution in [3.05, 3.63) is 35.3 Å². The highest BCUT2D eigenvalue weighted by atomic mass is 19.4. The molecule has 1 rings (SSSR count). The van der Waals surface area contributed by atoms with Crippen LogP contribution in [0.1, 0.15) is 18.6 Å². The van der Waals surface area contributed by atoms with E-state index >= 15 is 0 Å². The second-order valence-electron chi connectivity index (χ2n) is 3.02. The van der Waals surface area contributed by atoms with E-state index in [2.05, 4.69) is 4.74 Å². The molecule has 1 aromatic rings. The molecule has 0 spiro atoms. The van der Waals surface area contributed by atoms with Gasteiger partial charge in [-0.2, -0.15) is 17.9 Å². The molecule has 16 heavy (non-hydrogen) atoms. The number of alkyl halides is 3. The number of hydrogen-bond acceptors (Lipinski definition) is 3. The molecule has 0 saturated carbocycles. The Morgan fingerprint density at radius 1 is 1.44 bits per heavy atom. The van der Waals surface area contributed by atoms with Crippen LogP contribution in [0.15, 0.2) is 24.5 Å². The van der Waals surface area contributed by atoms with Gasteiger partial charge in [-0.05, 0) is 0 Å². The van der Waals surface area contributed by atoms with Crippen LogP contribution in [-0.2, 0) is 9.53 Å². The summed E-state index contributed by atoms with van der Waals surface area (Å²) in [6.07, 6.45) is -5.25. The predicted octanol–water partition coefficient (Wildman–Crippen LogP) is 1.49. The van der Waals surface area contributed by atoms with Crippen molar-refractivity contribution in [2.45, 2.75) is 19.2 Å². The SMILES string of the molecule is CC(=O)OC(c1cc[n+]([O-])cc1)C(F)(F)F. The minimum atomic E-state index is -4.71. The highest BCUT2D eigenvalue weighted by Gasteiger charge is 2.43. The summed E-state index contributed by atoms with van der Waals surface area (Å²) in [7, 11) is 0. The summed E-state index contributed by atoms with van der Waals surface area (Å²) >= 11 is 0. The molecule has 1 unspecified atom stereocenters. The van der Waals surface area contributed by atoms with E-state index in [1.165, 1.54) is 0 Å². The van der Waals surface area contributed by atoms with E-state index in [-0.39, 0.29) is 5.56 Å². The van der Waals surface area contributed by atoms with Gasteiger partial charge in [-0.1, -0.05) is 0 Å². The Morgan fingerprint density at radius 3 is 2.31 bits per heavy atom. The summed E-state index contributed by atoms with van der Waals surface area (Å²) in [5.74, 6) is -1.04. The molecule has 7 heteroatoms. The Kier molecular flexibility index (Phi) is 3.36. The van der Waals surface area contributed by atoms with Crippen LogP contribution in [0, 0.1) is 5.21 Å². The quantitative estimate of drug-likeness (QED) is 0.443. The van der Waals surface area contributed by atoms with Crippen LogP contribution in [0.3, 0.4) is 0 Å². The first-order valence-electron chi connectivity index (χ1n) is 4.23. The normalized spacial score (nSPS) is 13.2. The maximum absolute atomic E-state index is 12.5. The lowest BCUT2D eigenvalue weighted by Crippen LogP contribution is -2.28. The van der Waals surface area contributed by atoms with Gasteiger partial charge < -0.3 is 9.94 Å². The number of hydrogen-bond donors (Lipinski definition) is 0. The molecule has 88 valence electrons. The number of rotatable bonds is 2. The summed E-state index contributed by atoms with van der Waals surface area (Å²) < 4.78 is 42.0. The first-order valence-corrected chi connectivity index (χ1v) is 4.23. The lowest BCUT2D eigenvalue weighted by molar-refractivity contribution is -0.605. The van der Waals surface area contributed by atoms with Gasteiger partial charge in [-0.15, -0.1) is 0 Å². The number of carbonyl (C=O) groups excluding carboxylic acids is 1. The molecule has 0 saturated heterocycles. The van der Waals surface area contributed by atoms with Gasteiger partial charge in [0.1, 0.15) is 0 Å². The summed E-state index contributed by atoms with van der Waals surface area (Å²) in [5, 5.41) is 10.6. The second kappa shape index (κ2) is 4.38. The zero-order valence-electron chi connectivity index (χ0n) is 8.19. The molecule has 0 N–H and O–H groups in total. The molecule has 0 amide bonds. The fourth-order valence-corrected chi connectivity index (χ4v) is 1.09. The van der Waals surface area contributed by atoms with Crippen molar-refractivity contribution in [3.8, 4) is 0 Å². The van der Waals surface area contributed by atoms with E-state index in [1.807, 2.05) is 0 Å². The molecule has 0 aliphatic rings. The number of halogens is 3. The molecule has 1 atom stereocenters. The van der Waals surface area contributed by atoms with Crippen LogP contribution in [0.25, 0.3) is 0 Å². The van der Waals surface area contributed by atoms with E-state index in [9.17, 15) is 23.2 Å². The highest BCUT2D eigenvalue weighted by Crippen LogP contribution is 2.35. The molecular formula is C9H8F3NO3. The van der Waals surface area contributed by atoms with E-state index in [1.54, 1.807) is 0 Å². The lowest BCUT2D eigenvalue weighted by Gasteiger charge is -2.19. The van der Waals surface area contributed by atoms with Crippen LogP contribution in [0.4, 0.5) is 13.2 Å². The molecule has 1 heterocycles. The minimum absolute atomic E-state index is 0.296. The summed E-state index contributed by atoms with van der Waals surface area (Å²) in [6.45, 7) is 0.884. The van der Waals surface area contributed by atoms with Crippen molar-refractivity contribution in [1.29, 1.82) is 0 Å².